The van der Waals surface area contributed by atoms with E-state index in [1.54, 1.807) is 32.0 Å². The van der Waals surface area contributed by atoms with Crippen LogP contribution in [0.1, 0.15) is 17.6 Å². The fraction of sp³-hybridized carbons (Fsp3) is 0.222. The van der Waals surface area contributed by atoms with Crippen molar-refractivity contribution in [3.63, 3.8) is 0 Å². The highest BCUT2D eigenvalue weighted by Gasteiger charge is 2.18. The van der Waals surface area contributed by atoms with Crippen LogP contribution in [-0.2, 0) is 7.05 Å². The molecule has 0 aliphatic heterocycles. The molecule has 2 heterocycles. The highest BCUT2D eigenvalue weighted by atomic mass is 35.5. The normalized spacial score (nSPS) is 11.3. The van der Waals surface area contributed by atoms with Gasteiger partial charge in [-0.05, 0) is 19.1 Å². The summed E-state index contributed by atoms with van der Waals surface area (Å²) in [6.07, 6.45) is -1.57. The molecule has 0 fully saturated rings. The molecule has 0 aliphatic rings. The molecule has 0 aliphatic carbocycles. The van der Waals surface area contributed by atoms with Crippen molar-refractivity contribution in [1.29, 1.82) is 0 Å². The molecule has 1 aromatic carbocycles. The van der Waals surface area contributed by atoms with E-state index in [0.717, 1.165) is 0 Å². The van der Waals surface area contributed by atoms with E-state index in [1.807, 2.05) is 0 Å². The second-order valence-corrected chi connectivity index (χ2v) is 6.42. The third-order valence-corrected chi connectivity index (χ3v) is 4.61. The van der Waals surface area contributed by atoms with E-state index >= 15 is 0 Å². The summed E-state index contributed by atoms with van der Waals surface area (Å²) in [7, 11) is 3.25. The number of aryl methyl sites for hydroxylation is 2. The average Bonchev–Trinajstić information content (AvgIpc) is 2.59. The van der Waals surface area contributed by atoms with Crippen LogP contribution in [0, 0.1) is 6.92 Å². The summed E-state index contributed by atoms with van der Waals surface area (Å²) in [5.41, 5.74) is 1.06. The van der Waals surface area contributed by atoms with Crippen molar-refractivity contribution in [1.82, 2.24) is 9.55 Å². The Morgan fingerprint density at radius 1 is 1.27 bits per heavy atom. The summed E-state index contributed by atoms with van der Waals surface area (Å²) in [5, 5.41) is 10.6. The highest BCUT2D eigenvalue weighted by molar-refractivity contribution is 6.31. The van der Waals surface area contributed by atoms with Gasteiger partial charge in [0.2, 0.25) is 0 Å². The van der Waals surface area contributed by atoms with Gasteiger partial charge >= 0.3 is 0 Å². The molecule has 3 rings (SSSR count). The quantitative estimate of drug-likeness (QED) is 0.736. The number of pyridine rings is 2. The van der Waals surface area contributed by atoms with E-state index < -0.39 is 6.43 Å². The van der Waals surface area contributed by atoms with Crippen molar-refractivity contribution in [2.45, 2.75) is 13.3 Å². The zero-order chi connectivity index (χ0) is 19.2. The number of halogens is 3. The molecule has 0 atom stereocenters. The number of alkyl halides is 2. The zero-order valence-electron chi connectivity index (χ0n) is 14.3. The molecule has 5 nitrogen and oxygen atoms in total. The van der Waals surface area contributed by atoms with Crippen LogP contribution >= 0.6 is 11.6 Å². The number of aromatic nitrogens is 2. The largest absolute Gasteiger partial charge is 0.508 e. The van der Waals surface area contributed by atoms with Gasteiger partial charge in [-0.3, -0.25) is 4.79 Å². The maximum Gasteiger partial charge on any atom is 0.265 e. The minimum atomic E-state index is -2.73. The standard InChI is InChI=1S/C18H16ClF2N3O2/c1-9-4-12-14(5-10(25)6-15(12)24(3)18(9)26)23(2)16-7-11(17(20)21)13(19)8-22-16/h4-8,17,25H,1-3H3. The number of fused-ring (bicyclic) bond motifs is 1. The lowest BCUT2D eigenvalue weighted by Crippen LogP contribution is -2.20. The van der Waals surface area contributed by atoms with Crippen molar-refractivity contribution in [3.8, 4) is 5.75 Å². The number of phenols is 1. The molecule has 0 spiro atoms. The van der Waals surface area contributed by atoms with E-state index in [9.17, 15) is 18.7 Å². The lowest BCUT2D eigenvalue weighted by Gasteiger charge is -2.22. The number of benzene rings is 1. The summed E-state index contributed by atoms with van der Waals surface area (Å²) in [5.74, 6) is 0.185. The van der Waals surface area contributed by atoms with Gasteiger partial charge < -0.3 is 14.6 Å². The van der Waals surface area contributed by atoms with Gasteiger partial charge in [0.1, 0.15) is 11.6 Å². The predicted molar refractivity (Wildman–Crippen MR) is 97.9 cm³/mol. The minimum absolute atomic E-state index is 0.0544. The van der Waals surface area contributed by atoms with E-state index in [2.05, 4.69) is 4.98 Å². The summed E-state index contributed by atoms with van der Waals surface area (Å²) in [6, 6.07) is 5.88. The Morgan fingerprint density at radius 2 is 1.96 bits per heavy atom. The SMILES string of the molecule is Cc1cc2c(N(C)c3cc(C(F)F)c(Cl)cn3)cc(O)cc2n(C)c1=O. The predicted octanol–water partition coefficient (Wildman–Crippen LogP) is 4.31. The first-order valence-corrected chi connectivity index (χ1v) is 8.09. The Bertz CT molecular complexity index is 1070. The molecule has 0 amide bonds. The molecule has 136 valence electrons. The molecule has 1 N–H and O–H groups in total. The van der Waals surface area contributed by atoms with Gasteiger partial charge in [-0.25, -0.2) is 13.8 Å². The van der Waals surface area contributed by atoms with Crippen LogP contribution in [0.4, 0.5) is 20.3 Å². The topological polar surface area (TPSA) is 58.4 Å². The van der Waals surface area contributed by atoms with Crippen LogP contribution in [0.5, 0.6) is 5.75 Å². The lowest BCUT2D eigenvalue weighted by atomic mass is 10.1. The second-order valence-electron chi connectivity index (χ2n) is 6.01. The van der Waals surface area contributed by atoms with Crippen LogP contribution in [0.15, 0.2) is 35.3 Å². The van der Waals surface area contributed by atoms with Crippen molar-refractivity contribution in [3.05, 3.63) is 57.0 Å². The zero-order valence-corrected chi connectivity index (χ0v) is 15.1. The third kappa shape index (κ3) is 2.99. The van der Waals surface area contributed by atoms with Crippen molar-refractivity contribution in [2.75, 3.05) is 11.9 Å². The van der Waals surface area contributed by atoms with Crippen molar-refractivity contribution >= 4 is 34.0 Å². The fourth-order valence-electron chi connectivity index (χ4n) is 2.88. The molecule has 0 bridgehead atoms. The monoisotopic (exact) mass is 379 g/mol. The molecule has 26 heavy (non-hydrogen) atoms. The Balaban J connectivity index is 2.25. The molecule has 3 aromatic rings. The van der Waals surface area contributed by atoms with E-state index in [-0.39, 0.29) is 27.7 Å². The van der Waals surface area contributed by atoms with Gasteiger partial charge in [-0.1, -0.05) is 11.6 Å². The average molecular weight is 380 g/mol. The number of hydrogen-bond donors (Lipinski definition) is 1. The van der Waals surface area contributed by atoms with Gasteiger partial charge in [-0.2, -0.15) is 0 Å². The number of hydrogen-bond acceptors (Lipinski definition) is 4. The van der Waals surface area contributed by atoms with E-state index in [4.69, 9.17) is 11.6 Å². The van der Waals surface area contributed by atoms with Crippen molar-refractivity contribution < 1.29 is 13.9 Å². The van der Waals surface area contributed by atoms with E-state index in [1.165, 1.54) is 29.0 Å². The van der Waals surface area contributed by atoms with Crippen LogP contribution in [0.25, 0.3) is 10.9 Å². The number of nitrogens with zero attached hydrogens (tertiary/aromatic N) is 3. The molecular weight excluding hydrogens is 364 g/mol. The molecule has 0 unspecified atom stereocenters. The smallest absolute Gasteiger partial charge is 0.265 e. The van der Waals surface area contributed by atoms with Crippen molar-refractivity contribution in [2.24, 2.45) is 7.05 Å². The third-order valence-electron chi connectivity index (χ3n) is 4.30. The minimum Gasteiger partial charge on any atom is -0.508 e. The van der Waals surface area contributed by atoms with Gasteiger partial charge in [-0.15, -0.1) is 0 Å². The van der Waals surface area contributed by atoms with Gasteiger partial charge in [0.15, 0.2) is 0 Å². The van der Waals surface area contributed by atoms with E-state index in [0.29, 0.717) is 22.2 Å². The molecule has 2 aromatic heterocycles. The van der Waals surface area contributed by atoms with Crippen LogP contribution in [0.3, 0.4) is 0 Å². The molecular formula is C18H16ClF2N3O2. The summed E-state index contributed by atoms with van der Waals surface area (Å²) >= 11 is 5.78. The molecule has 0 saturated carbocycles. The highest BCUT2D eigenvalue weighted by Crippen LogP contribution is 2.36. The van der Waals surface area contributed by atoms with Gasteiger partial charge in [0.25, 0.3) is 12.0 Å². The molecule has 0 radical (unpaired) electrons. The first-order valence-electron chi connectivity index (χ1n) is 7.71. The van der Waals surface area contributed by atoms with Crippen LogP contribution in [-0.4, -0.2) is 21.7 Å². The number of aromatic hydroxyl groups is 1. The van der Waals surface area contributed by atoms with Crippen LogP contribution < -0.4 is 10.5 Å². The summed E-state index contributed by atoms with van der Waals surface area (Å²) < 4.78 is 27.7. The summed E-state index contributed by atoms with van der Waals surface area (Å²) in [6.45, 7) is 1.69. The van der Waals surface area contributed by atoms with Gasteiger partial charge in [0, 0.05) is 48.9 Å². The Kier molecular flexibility index (Phi) is 4.58. The Morgan fingerprint density at radius 3 is 2.62 bits per heavy atom. The lowest BCUT2D eigenvalue weighted by molar-refractivity contribution is 0.151. The molecule has 0 saturated heterocycles. The first-order chi connectivity index (χ1) is 12.2. The number of rotatable bonds is 3. The second kappa shape index (κ2) is 6.57. The number of phenolic OH excluding ortho intramolecular Hbond substituents is 1. The Labute approximate surface area is 153 Å². The number of anilines is 2. The fourth-order valence-corrected chi connectivity index (χ4v) is 3.07. The van der Waals surface area contributed by atoms with Crippen LogP contribution in [0.2, 0.25) is 5.02 Å². The maximum atomic E-state index is 13.1. The van der Waals surface area contributed by atoms with Gasteiger partial charge in [0.05, 0.1) is 16.2 Å². The summed E-state index contributed by atoms with van der Waals surface area (Å²) in [4.78, 5) is 17.8. The molecule has 8 heteroatoms. The first kappa shape index (κ1) is 18.1. The Hall–Kier alpha value is -2.67. The maximum absolute atomic E-state index is 13.1.